The third-order valence-corrected chi connectivity index (χ3v) is 3.18. The minimum atomic E-state index is -4.68. The molecular formula is C10H16F6N4O. The highest BCUT2D eigenvalue weighted by Gasteiger charge is 2.44. The lowest BCUT2D eigenvalue weighted by atomic mass is 10.1. The highest BCUT2D eigenvalue weighted by Crippen LogP contribution is 2.27. The third-order valence-electron chi connectivity index (χ3n) is 3.18. The number of hydrogen-bond acceptors (Lipinski definition) is 4. The van der Waals surface area contributed by atoms with Crippen LogP contribution in [0, 0.1) is 5.92 Å². The van der Waals surface area contributed by atoms with Gasteiger partial charge in [-0.3, -0.25) is 9.80 Å². The molecule has 124 valence electrons. The number of hydrogen-bond donors (Lipinski definition) is 2. The summed E-state index contributed by atoms with van der Waals surface area (Å²) in [6.07, 6.45) is -9.01. The van der Waals surface area contributed by atoms with Gasteiger partial charge in [-0.2, -0.15) is 26.3 Å². The summed E-state index contributed by atoms with van der Waals surface area (Å²) in [6, 6.07) is 0. The minimum absolute atomic E-state index is 0.0141. The fourth-order valence-corrected chi connectivity index (χ4v) is 2.08. The molecule has 0 aromatic heterocycles. The molecule has 1 unspecified atom stereocenters. The van der Waals surface area contributed by atoms with Gasteiger partial charge in [0.2, 0.25) is 0 Å². The molecule has 0 aromatic carbocycles. The van der Waals surface area contributed by atoms with E-state index < -0.39 is 37.2 Å². The van der Waals surface area contributed by atoms with Crippen LogP contribution >= 0.6 is 0 Å². The molecule has 1 saturated heterocycles. The van der Waals surface area contributed by atoms with E-state index in [1.54, 1.807) is 0 Å². The van der Waals surface area contributed by atoms with Gasteiger partial charge < -0.3 is 10.9 Å². The molecule has 0 amide bonds. The average Bonchev–Trinajstić information content (AvgIpc) is 2.33. The predicted octanol–water partition coefficient (Wildman–Crippen LogP) is 1.09. The lowest BCUT2D eigenvalue weighted by Crippen LogP contribution is -2.52. The molecule has 0 bridgehead atoms. The normalized spacial score (nSPS) is 21.5. The van der Waals surface area contributed by atoms with Crippen molar-refractivity contribution in [1.82, 2.24) is 9.80 Å². The standard InChI is InChI=1S/C10H16F6N4O/c11-9(12,13)6-20-3-1-19(2-4-20)5-7(8(17)18-21)10(14,15)16/h7,21H,1-6H2,(H2,17,18). The van der Waals surface area contributed by atoms with Gasteiger partial charge in [-0.25, -0.2) is 0 Å². The SMILES string of the molecule is NC(=NO)C(CN1CCN(CC(F)(F)F)CC1)C(F)(F)F. The molecule has 1 fully saturated rings. The molecule has 0 spiro atoms. The number of piperazine rings is 1. The van der Waals surface area contributed by atoms with Crippen LogP contribution in [0.3, 0.4) is 0 Å². The first-order valence-electron chi connectivity index (χ1n) is 6.08. The van der Waals surface area contributed by atoms with E-state index in [2.05, 4.69) is 5.16 Å². The molecule has 21 heavy (non-hydrogen) atoms. The molecule has 0 aromatic rings. The summed E-state index contributed by atoms with van der Waals surface area (Å²) >= 11 is 0. The van der Waals surface area contributed by atoms with Crippen molar-refractivity contribution in [2.75, 3.05) is 39.3 Å². The average molecular weight is 322 g/mol. The van der Waals surface area contributed by atoms with Crippen molar-refractivity contribution in [3.63, 3.8) is 0 Å². The second-order valence-corrected chi connectivity index (χ2v) is 4.81. The third kappa shape index (κ3) is 5.96. The molecule has 11 heteroatoms. The van der Waals surface area contributed by atoms with E-state index in [4.69, 9.17) is 10.9 Å². The maximum atomic E-state index is 12.8. The van der Waals surface area contributed by atoms with Crippen molar-refractivity contribution in [3.05, 3.63) is 0 Å². The number of halogens is 6. The van der Waals surface area contributed by atoms with Crippen LogP contribution in [0.1, 0.15) is 0 Å². The Kier molecular flexibility index (Phi) is 5.68. The summed E-state index contributed by atoms with van der Waals surface area (Å²) in [6.45, 7) is -1.48. The van der Waals surface area contributed by atoms with Gasteiger partial charge in [-0.1, -0.05) is 5.16 Å². The summed E-state index contributed by atoms with van der Waals surface area (Å²) in [5.74, 6) is -3.10. The second kappa shape index (κ2) is 6.69. The molecule has 1 aliphatic heterocycles. The van der Waals surface area contributed by atoms with Crippen LogP contribution in [-0.4, -0.2) is 72.5 Å². The highest BCUT2D eigenvalue weighted by molar-refractivity contribution is 5.83. The summed E-state index contributed by atoms with van der Waals surface area (Å²) in [5.41, 5.74) is 5.03. The summed E-state index contributed by atoms with van der Waals surface area (Å²) in [7, 11) is 0. The molecule has 5 nitrogen and oxygen atoms in total. The fourth-order valence-electron chi connectivity index (χ4n) is 2.08. The lowest BCUT2D eigenvalue weighted by Gasteiger charge is -2.36. The first kappa shape index (κ1) is 17.8. The van der Waals surface area contributed by atoms with E-state index in [1.807, 2.05) is 0 Å². The van der Waals surface area contributed by atoms with Gasteiger partial charge in [0.15, 0.2) is 5.84 Å². The smallest absolute Gasteiger partial charge is 0.401 e. The molecule has 1 atom stereocenters. The van der Waals surface area contributed by atoms with Gasteiger partial charge in [-0.15, -0.1) is 0 Å². The Labute approximate surface area is 117 Å². The van der Waals surface area contributed by atoms with Crippen molar-refractivity contribution in [3.8, 4) is 0 Å². The molecule has 0 saturated carbocycles. The Morgan fingerprint density at radius 2 is 1.52 bits per heavy atom. The molecule has 0 radical (unpaired) electrons. The van der Waals surface area contributed by atoms with Crippen LogP contribution in [0.15, 0.2) is 5.16 Å². The van der Waals surface area contributed by atoms with E-state index in [0.717, 1.165) is 4.90 Å². The summed E-state index contributed by atoms with van der Waals surface area (Å²) < 4.78 is 74.8. The molecule has 1 heterocycles. The number of amidine groups is 1. The largest absolute Gasteiger partial charge is 0.409 e. The van der Waals surface area contributed by atoms with Gasteiger partial charge in [0.25, 0.3) is 0 Å². The molecular weight excluding hydrogens is 306 g/mol. The zero-order valence-corrected chi connectivity index (χ0v) is 11.0. The van der Waals surface area contributed by atoms with E-state index in [1.165, 1.54) is 4.90 Å². The number of rotatable bonds is 4. The van der Waals surface area contributed by atoms with Gasteiger partial charge in [0.05, 0.1) is 6.54 Å². The lowest BCUT2D eigenvalue weighted by molar-refractivity contribution is -0.163. The second-order valence-electron chi connectivity index (χ2n) is 4.81. The number of alkyl halides is 6. The van der Waals surface area contributed by atoms with Crippen molar-refractivity contribution < 1.29 is 31.5 Å². The Bertz CT molecular complexity index is 362. The Morgan fingerprint density at radius 1 is 1.05 bits per heavy atom. The molecule has 0 aliphatic carbocycles. The van der Waals surface area contributed by atoms with Gasteiger partial charge in [0.1, 0.15) is 5.92 Å². The van der Waals surface area contributed by atoms with Crippen molar-refractivity contribution in [1.29, 1.82) is 0 Å². The monoisotopic (exact) mass is 322 g/mol. The van der Waals surface area contributed by atoms with Crippen molar-refractivity contribution in [2.24, 2.45) is 16.8 Å². The minimum Gasteiger partial charge on any atom is -0.409 e. The van der Waals surface area contributed by atoms with Crippen LogP contribution < -0.4 is 5.73 Å². The zero-order chi connectivity index (χ0) is 16.3. The van der Waals surface area contributed by atoms with E-state index >= 15 is 0 Å². The predicted molar refractivity (Wildman–Crippen MR) is 61.9 cm³/mol. The van der Waals surface area contributed by atoms with Crippen LogP contribution in [-0.2, 0) is 0 Å². The summed E-state index contributed by atoms with van der Waals surface area (Å²) in [4.78, 5) is 2.48. The number of nitrogens with zero attached hydrogens (tertiary/aromatic N) is 3. The quantitative estimate of drug-likeness (QED) is 0.267. The first-order valence-corrected chi connectivity index (χ1v) is 6.08. The van der Waals surface area contributed by atoms with E-state index in [-0.39, 0.29) is 26.2 Å². The van der Waals surface area contributed by atoms with Gasteiger partial charge in [-0.05, 0) is 0 Å². The van der Waals surface area contributed by atoms with Crippen LogP contribution in [0.4, 0.5) is 26.3 Å². The van der Waals surface area contributed by atoms with Crippen LogP contribution in [0.25, 0.3) is 0 Å². The van der Waals surface area contributed by atoms with Crippen molar-refractivity contribution >= 4 is 5.84 Å². The molecule has 3 N–H and O–H groups in total. The van der Waals surface area contributed by atoms with Crippen LogP contribution in [0.2, 0.25) is 0 Å². The molecule has 1 rings (SSSR count). The van der Waals surface area contributed by atoms with Crippen LogP contribution in [0.5, 0.6) is 0 Å². The highest BCUT2D eigenvalue weighted by atomic mass is 19.4. The van der Waals surface area contributed by atoms with Crippen molar-refractivity contribution in [2.45, 2.75) is 12.4 Å². The Morgan fingerprint density at radius 3 is 1.90 bits per heavy atom. The summed E-state index contributed by atoms with van der Waals surface area (Å²) in [5, 5.41) is 10.8. The maximum absolute atomic E-state index is 12.8. The number of oxime groups is 1. The zero-order valence-electron chi connectivity index (χ0n) is 11.0. The first-order chi connectivity index (χ1) is 9.53. The molecule has 1 aliphatic rings. The fraction of sp³-hybridized carbons (Fsp3) is 0.900. The Balaban J connectivity index is 2.54. The van der Waals surface area contributed by atoms with E-state index in [9.17, 15) is 26.3 Å². The van der Waals surface area contributed by atoms with Gasteiger partial charge in [0, 0.05) is 32.7 Å². The Hall–Kier alpha value is -1.23. The topological polar surface area (TPSA) is 65.1 Å². The maximum Gasteiger partial charge on any atom is 0.401 e. The van der Waals surface area contributed by atoms with Gasteiger partial charge >= 0.3 is 12.4 Å². The number of nitrogens with two attached hydrogens (primary N) is 1. The van der Waals surface area contributed by atoms with E-state index in [0.29, 0.717) is 0 Å².